The zero-order valence-electron chi connectivity index (χ0n) is 10.2. The Labute approximate surface area is 129 Å². The molecule has 1 aromatic heterocycles. The molecule has 19 heavy (non-hydrogen) atoms. The molecule has 0 aliphatic heterocycles. The Balaban J connectivity index is 1.97. The number of nitrogens with two attached hydrogens (primary N) is 1. The molecule has 0 spiro atoms. The molecule has 2 aromatic rings. The van der Waals surface area contributed by atoms with E-state index in [2.05, 4.69) is 32.7 Å². The summed E-state index contributed by atoms with van der Waals surface area (Å²) in [5.74, 6) is 1.03. The van der Waals surface area contributed by atoms with Crippen LogP contribution in [0.15, 0.2) is 22.7 Å². The van der Waals surface area contributed by atoms with Crippen molar-refractivity contribution in [1.82, 2.24) is 10.1 Å². The molecule has 0 radical (unpaired) electrons. The summed E-state index contributed by atoms with van der Waals surface area (Å²) in [5, 5.41) is 4.65. The van der Waals surface area contributed by atoms with E-state index in [1.54, 1.807) is 0 Å². The summed E-state index contributed by atoms with van der Waals surface area (Å²) in [4.78, 5) is 4.44. The summed E-state index contributed by atoms with van der Waals surface area (Å²) < 4.78 is 6.39. The van der Waals surface area contributed by atoms with E-state index in [1.807, 2.05) is 18.2 Å². The molecule has 1 aliphatic carbocycles. The standard InChI is InChI=1S/C13H13ClIN3O/c14-10-7-8(15)3-4-9(10)11-17-12(18-19-11)13(16)5-1-2-6-13/h3-4,7H,1-2,5-6,16H2. The van der Waals surface area contributed by atoms with Crippen molar-refractivity contribution in [3.63, 3.8) is 0 Å². The van der Waals surface area contributed by atoms with Crippen LogP contribution in [0.5, 0.6) is 0 Å². The summed E-state index contributed by atoms with van der Waals surface area (Å²) in [6.45, 7) is 0. The Morgan fingerprint density at radius 2 is 2.05 bits per heavy atom. The van der Waals surface area contributed by atoms with Crippen LogP contribution in [0.25, 0.3) is 11.5 Å². The predicted molar refractivity (Wildman–Crippen MR) is 81.8 cm³/mol. The van der Waals surface area contributed by atoms with Gasteiger partial charge in [-0.1, -0.05) is 29.6 Å². The highest BCUT2D eigenvalue weighted by Crippen LogP contribution is 2.36. The lowest BCUT2D eigenvalue weighted by atomic mass is 9.99. The van der Waals surface area contributed by atoms with Crippen molar-refractivity contribution in [2.45, 2.75) is 31.2 Å². The molecule has 100 valence electrons. The van der Waals surface area contributed by atoms with E-state index < -0.39 is 5.54 Å². The zero-order chi connectivity index (χ0) is 13.5. The lowest BCUT2D eigenvalue weighted by Crippen LogP contribution is -2.34. The summed E-state index contributed by atoms with van der Waals surface area (Å²) in [7, 11) is 0. The van der Waals surface area contributed by atoms with Crippen LogP contribution in [0.4, 0.5) is 0 Å². The third-order valence-electron chi connectivity index (χ3n) is 3.53. The minimum atomic E-state index is -0.433. The van der Waals surface area contributed by atoms with Crippen molar-refractivity contribution >= 4 is 34.2 Å². The van der Waals surface area contributed by atoms with E-state index in [0.29, 0.717) is 16.7 Å². The van der Waals surface area contributed by atoms with E-state index in [9.17, 15) is 0 Å². The molecule has 3 rings (SSSR count). The van der Waals surface area contributed by atoms with Crippen LogP contribution >= 0.6 is 34.2 Å². The Morgan fingerprint density at radius 3 is 2.74 bits per heavy atom. The van der Waals surface area contributed by atoms with Crippen LogP contribution in [0.3, 0.4) is 0 Å². The number of hydrogen-bond donors (Lipinski definition) is 1. The van der Waals surface area contributed by atoms with E-state index >= 15 is 0 Å². The lowest BCUT2D eigenvalue weighted by molar-refractivity contribution is 0.372. The second-order valence-corrected chi connectivity index (χ2v) is 6.56. The second-order valence-electron chi connectivity index (χ2n) is 4.91. The molecule has 1 aliphatic rings. The van der Waals surface area contributed by atoms with Gasteiger partial charge < -0.3 is 10.3 Å². The first-order chi connectivity index (χ1) is 9.08. The Hall–Kier alpha value is -0.660. The van der Waals surface area contributed by atoms with Gasteiger partial charge in [0, 0.05) is 3.57 Å². The largest absolute Gasteiger partial charge is 0.334 e. The first-order valence-corrected chi connectivity index (χ1v) is 7.63. The molecular formula is C13H13ClIN3O. The Morgan fingerprint density at radius 1 is 1.32 bits per heavy atom. The van der Waals surface area contributed by atoms with Crippen molar-refractivity contribution in [2.24, 2.45) is 5.73 Å². The highest BCUT2D eigenvalue weighted by atomic mass is 127. The third kappa shape index (κ3) is 2.51. The van der Waals surface area contributed by atoms with Crippen LogP contribution in [0.1, 0.15) is 31.5 Å². The second kappa shape index (κ2) is 5.03. The maximum atomic E-state index is 6.31. The van der Waals surface area contributed by atoms with Gasteiger partial charge in [0.1, 0.15) is 0 Å². The molecule has 1 fully saturated rings. The van der Waals surface area contributed by atoms with E-state index in [0.717, 1.165) is 34.8 Å². The van der Waals surface area contributed by atoms with Gasteiger partial charge in [0.25, 0.3) is 5.89 Å². The quantitative estimate of drug-likeness (QED) is 0.795. The first kappa shape index (κ1) is 13.3. The van der Waals surface area contributed by atoms with Gasteiger partial charge in [0.2, 0.25) is 0 Å². The van der Waals surface area contributed by atoms with E-state index in [1.165, 1.54) is 0 Å². The van der Waals surface area contributed by atoms with Gasteiger partial charge in [-0.25, -0.2) is 0 Å². The maximum absolute atomic E-state index is 6.31. The first-order valence-electron chi connectivity index (χ1n) is 6.17. The van der Waals surface area contributed by atoms with Gasteiger partial charge in [-0.2, -0.15) is 4.98 Å². The molecule has 6 heteroatoms. The minimum Gasteiger partial charge on any atom is -0.334 e. The summed E-state index contributed by atoms with van der Waals surface area (Å²) in [6, 6.07) is 5.72. The number of halogens is 2. The van der Waals surface area contributed by atoms with E-state index in [4.69, 9.17) is 21.9 Å². The molecule has 4 nitrogen and oxygen atoms in total. The molecule has 1 aromatic carbocycles. The SMILES string of the molecule is NC1(c2noc(-c3ccc(I)cc3Cl)n2)CCCC1. The molecule has 2 N–H and O–H groups in total. The smallest absolute Gasteiger partial charge is 0.259 e. The normalized spacial score (nSPS) is 17.8. The third-order valence-corrected chi connectivity index (χ3v) is 4.51. The summed E-state index contributed by atoms with van der Waals surface area (Å²) in [6.07, 6.45) is 4.05. The van der Waals surface area contributed by atoms with Gasteiger partial charge in [-0.3, -0.25) is 0 Å². The number of rotatable bonds is 2. The van der Waals surface area contributed by atoms with Crippen LogP contribution in [-0.2, 0) is 5.54 Å². The average Bonchev–Trinajstić information content (AvgIpc) is 2.99. The maximum Gasteiger partial charge on any atom is 0.259 e. The minimum absolute atomic E-state index is 0.433. The molecule has 0 amide bonds. The van der Waals surface area contributed by atoms with Crippen LogP contribution in [0, 0.1) is 3.57 Å². The Bertz CT molecular complexity index is 608. The molecule has 0 unspecified atom stereocenters. The highest BCUT2D eigenvalue weighted by molar-refractivity contribution is 14.1. The Kier molecular flexibility index (Phi) is 3.53. The van der Waals surface area contributed by atoms with Crippen molar-refractivity contribution in [2.75, 3.05) is 0 Å². The molecule has 1 saturated carbocycles. The van der Waals surface area contributed by atoms with E-state index in [-0.39, 0.29) is 0 Å². The average molecular weight is 390 g/mol. The van der Waals surface area contributed by atoms with Crippen molar-refractivity contribution in [3.8, 4) is 11.5 Å². The van der Waals surface area contributed by atoms with Crippen LogP contribution in [0.2, 0.25) is 5.02 Å². The number of aromatic nitrogens is 2. The van der Waals surface area contributed by atoms with Crippen molar-refractivity contribution in [1.29, 1.82) is 0 Å². The fraction of sp³-hybridized carbons (Fsp3) is 0.385. The number of hydrogen-bond acceptors (Lipinski definition) is 4. The molecule has 1 heterocycles. The number of benzene rings is 1. The monoisotopic (exact) mass is 389 g/mol. The van der Waals surface area contributed by atoms with Crippen LogP contribution in [-0.4, -0.2) is 10.1 Å². The van der Waals surface area contributed by atoms with Gasteiger partial charge >= 0.3 is 0 Å². The van der Waals surface area contributed by atoms with Gasteiger partial charge in [0.15, 0.2) is 5.82 Å². The highest BCUT2D eigenvalue weighted by Gasteiger charge is 2.36. The predicted octanol–water partition coefficient (Wildman–Crippen LogP) is 3.72. The van der Waals surface area contributed by atoms with Crippen LogP contribution < -0.4 is 5.73 Å². The van der Waals surface area contributed by atoms with Gasteiger partial charge in [-0.15, -0.1) is 0 Å². The van der Waals surface area contributed by atoms with Crippen molar-refractivity contribution < 1.29 is 4.52 Å². The molecule has 0 atom stereocenters. The molecule has 0 saturated heterocycles. The fourth-order valence-corrected chi connectivity index (χ4v) is 3.36. The number of nitrogens with zero attached hydrogens (tertiary/aromatic N) is 2. The fourth-order valence-electron chi connectivity index (χ4n) is 2.43. The van der Waals surface area contributed by atoms with Gasteiger partial charge in [0.05, 0.1) is 16.1 Å². The van der Waals surface area contributed by atoms with Gasteiger partial charge in [-0.05, 0) is 53.6 Å². The lowest BCUT2D eigenvalue weighted by Gasteiger charge is -2.17. The summed E-state index contributed by atoms with van der Waals surface area (Å²) >= 11 is 8.41. The molecular weight excluding hydrogens is 377 g/mol. The molecule has 0 bridgehead atoms. The zero-order valence-corrected chi connectivity index (χ0v) is 13.1. The summed E-state index contributed by atoms with van der Waals surface area (Å²) in [5.41, 5.74) is 6.63. The topological polar surface area (TPSA) is 64.9 Å². The van der Waals surface area contributed by atoms with Crippen molar-refractivity contribution in [3.05, 3.63) is 32.6 Å².